The van der Waals surface area contributed by atoms with Crippen LogP contribution in [0.1, 0.15) is 21.6 Å². The number of aryl methyl sites for hydroxylation is 2. The molecular weight excluding hydrogens is 296 g/mol. The number of nitrogens with one attached hydrogen (secondary N) is 1. The lowest BCUT2D eigenvalue weighted by Crippen LogP contribution is -2.19. The van der Waals surface area contributed by atoms with Crippen LogP contribution < -0.4 is 10.3 Å². The Bertz CT molecular complexity index is 976. The van der Waals surface area contributed by atoms with Gasteiger partial charge in [0.05, 0.1) is 11.0 Å². The van der Waals surface area contributed by atoms with E-state index < -0.39 is 17.2 Å². The van der Waals surface area contributed by atoms with E-state index in [9.17, 15) is 9.59 Å². The standard InChI is InChI=1S/C17H14N2O4/c1-9-4-3-5-11(6-9)23-14-8-13-12(7-10(14)2)19-16(20)15(18-13)17(21)22/h3-8H,1-2H3,(H,19,20)(H,21,22). The van der Waals surface area contributed by atoms with Crippen molar-refractivity contribution in [1.29, 1.82) is 0 Å². The summed E-state index contributed by atoms with van der Waals surface area (Å²) in [5.74, 6) is -0.135. The van der Waals surface area contributed by atoms with E-state index in [1.807, 2.05) is 38.1 Å². The summed E-state index contributed by atoms with van der Waals surface area (Å²) in [6, 6.07) is 10.9. The Morgan fingerprint density at radius 1 is 1.22 bits per heavy atom. The lowest BCUT2D eigenvalue weighted by molar-refractivity contribution is 0.0689. The van der Waals surface area contributed by atoms with Crippen molar-refractivity contribution < 1.29 is 14.6 Å². The molecule has 6 nitrogen and oxygen atoms in total. The van der Waals surface area contributed by atoms with E-state index in [4.69, 9.17) is 9.84 Å². The highest BCUT2D eigenvalue weighted by Gasteiger charge is 2.14. The van der Waals surface area contributed by atoms with E-state index in [1.54, 1.807) is 12.1 Å². The maximum Gasteiger partial charge on any atom is 0.360 e. The normalized spacial score (nSPS) is 10.7. The molecule has 0 aliphatic heterocycles. The third-order valence-electron chi connectivity index (χ3n) is 3.41. The van der Waals surface area contributed by atoms with Crippen molar-refractivity contribution in [1.82, 2.24) is 9.97 Å². The highest BCUT2D eigenvalue weighted by molar-refractivity contribution is 5.88. The van der Waals surface area contributed by atoms with Gasteiger partial charge in [0.15, 0.2) is 0 Å². The van der Waals surface area contributed by atoms with E-state index >= 15 is 0 Å². The molecule has 1 heterocycles. The molecular formula is C17H14N2O4. The first kappa shape index (κ1) is 14.8. The van der Waals surface area contributed by atoms with Crippen LogP contribution in [-0.2, 0) is 0 Å². The van der Waals surface area contributed by atoms with Crippen LogP contribution in [-0.4, -0.2) is 21.0 Å². The number of ether oxygens (including phenoxy) is 1. The number of H-pyrrole nitrogens is 1. The number of carboxylic acids is 1. The first-order chi connectivity index (χ1) is 10.9. The van der Waals surface area contributed by atoms with Crippen molar-refractivity contribution in [2.45, 2.75) is 13.8 Å². The summed E-state index contributed by atoms with van der Waals surface area (Å²) < 4.78 is 5.85. The van der Waals surface area contributed by atoms with E-state index in [0.29, 0.717) is 22.5 Å². The fourth-order valence-electron chi connectivity index (χ4n) is 2.28. The number of carboxylic acid groups (broad SMARTS) is 1. The van der Waals surface area contributed by atoms with Crippen molar-refractivity contribution in [3.63, 3.8) is 0 Å². The number of aromatic carboxylic acids is 1. The molecule has 116 valence electrons. The van der Waals surface area contributed by atoms with Crippen molar-refractivity contribution in [3.05, 3.63) is 63.6 Å². The topological polar surface area (TPSA) is 92.3 Å². The van der Waals surface area contributed by atoms with Crippen LogP contribution >= 0.6 is 0 Å². The number of fused-ring (bicyclic) bond motifs is 1. The van der Waals surface area contributed by atoms with Crippen LogP contribution in [0.3, 0.4) is 0 Å². The summed E-state index contributed by atoms with van der Waals surface area (Å²) in [7, 11) is 0. The van der Waals surface area contributed by atoms with E-state index in [2.05, 4.69) is 9.97 Å². The van der Waals surface area contributed by atoms with Gasteiger partial charge in [-0.2, -0.15) is 0 Å². The lowest BCUT2D eigenvalue weighted by atomic mass is 10.2. The minimum absolute atomic E-state index is 0.357. The molecule has 0 atom stereocenters. The maximum atomic E-state index is 11.7. The third kappa shape index (κ3) is 2.91. The van der Waals surface area contributed by atoms with Crippen LogP contribution in [0.2, 0.25) is 0 Å². The summed E-state index contributed by atoms with van der Waals surface area (Å²) >= 11 is 0. The Morgan fingerprint density at radius 3 is 2.70 bits per heavy atom. The highest BCUT2D eigenvalue weighted by atomic mass is 16.5. The number of aromatic amines is 1. The van der Waals surface area contributed by atoms with Gasteiger partial charge in [-0.25, -0.2) is 9.78 Å². The molecule has 1 aromatic heterocycles. The minimum Gasteiger partial charge on any atom is -0.476 e. The van der Waals surface area contributed by atoms with Crippen LogP contribution in [0.25, 0.3) is 11.0 Å². The zero-order valence-electron chi connectivity index (χ0n) is 12.6. The van der Waals surface area contributed by atoms with Gasteiger partial charge in [-0.3, -0.25) is 4.79 Å². The lowest BCUT2D eigenvalue weighted by Gasteiger charge is -2.10. The number of aromatic nitrogens is 2. The van der Waals surface area contributed by atoms with Gasteiger partial charge in [-0.05, 0) is 43.2 Å². The fraction of sp³-hybridized carbons (Fsp3) is 0.118. The van der Waals surface area contributed by atoms with Gasteiger partial charge in [0.25, 0.3) is 5.56 Å². The molecule has 0 radical (unpaired) electrons. The van der Waals surface area contributed by atoms with Crippen LogP contribution in [0.5, 0.6) is 11.5 Å². The van der Waals surface area contributed by atoms with Crippen molar-refractivity contribution in [3.8, 4) is 11.5 Å². The molecule has 3 aromatic rings. The van der Waals surface area contributed by atoms with Gasteiger partial charge in [0.2, 0.25) is 5.69 Å². The summed E-state index contributed by atoms with van der Waals surface area (Å²) in [6.07, 6.45) is 0. The summed E-state index contributed by atoms with van der Waals surface area (Å²) in [4.78, 5) is 29.1. The third-order valence-corrected chi connectivity index (χ3v) is 3.41. The summed E-state index contributed by atoms with van der Waals surface area (Å²) in [6.45, 7) is 3.81. The van der Waals surface area contributed by atoms with Gasteiger partial charge in [-0.1, -0.05) is 12.1 Å². The monoisotopic (exact) mass is 310 g/mol. The molecule has 0 saturated heterocycles. The molecule has 23 heavy (non-hydrogen) atoms. The molecule has 2 aromatic carbocycles. The zero-order chi connectivity index (χ0) is 16.6. The Labute approximate surface area is 131 Å². The summed E-state index contributed by atoms with van der Waals surface area (Å²) in [5.41, 5.74) is 1.43. The Balaban J connectivity index is 2.11. The molecule has 0 bridgehead atoms. The Morgan fingerprint density at radius 2 is 2.00 bits per heavy atom. The van der Waals surface area contributed by atoms with E-state index in [0.717, 1.165) is 11.1 Å². The van der Waals surface area contributed by atoms with Gasteiger partial charge in [0, 0.05) is 6.07 Å². The molecule has 0 saturated carbocycles. The van der Waals surface area contributed by atoms with Crippen LogP contribution in [0.4, 0.5) is 0 Å². The molecule has 2 N–H and O–H groups in total. The zero-order valence-corrected chi connectivity index (χ0v) is 12.6. The average molecular weight is 310 g/mol. The predicted molar refractivity (Wildman–Crippen MR) is 85.3 cm³/mol. The maximum absolute atomic E-state index is 11.7. The average Bonchev–Trinajstić information content (AvgIpc) is 2.47. The molecule has 0 amide bonds. The van der Waals surface area contributed by atoms with Gasteiger partial charge in [0.1, 0.15) is 11.5 Å². The number of rotatable bonds is 3. The number of hydrogen-bond donors (Lipinski definition) is 2. The molecule has 0 spiro atoms. The number of hydrogen-bond acceptors (Lipinski definition) is 4. The highest BCUT2D eigenvalue weighted by Crippen LogP contribution is 2.28. The number of nitrogens with zero attached hydrogens (tertiary/aromatic N) is 1. The SMILES string of the molecule is Cc1cccc(Oc2cc3nc(C(=O)O)c(=O)[nH]c3cc2C)c1. The van der Waals surface area contributed by atoms with Crippen molar-refractivity contribution in [2.75, 3.05) is 0 Å². The number of carbonyl (C=O) groups is 1. The van der Waals surface area contributed by atoms with Gasteiger partial charge >= 0.3 is 5.97 Å². The Kier molecular flexibility index (Phi) is 3.57. The molecule has 0 aliphatic rings. The second-order valence-corrected chi connectivity index (χ2v) is 5.27. The van der Waals surface area contributed by atoms with E-state index in [-0.39, 0.29) is 0 Å². The Hall–Kier alpha value is -3.15. The summed E-state index contributed by atoms with van der Waals surface area (Å²) in [5, 5.41) is 9.00. The second kappa shape index (κ2) is 5.57. The molecule has 0 aliphatic carbocycles. The van der Waals surface area contributed by atoms with Crippen LogP contribution in [0, 0.1) is 13.8 Å². The molecule has 6 heteroatoms. The quantitative estimate of drug-likeness (QED) is 0.775. The van der Waals surface area contributed by atoms with Gasteiger partial charge in [-0.15, -0.1) is 0 Å². The molecule has 0 unspecified atom stereocenters. The van der Waals surface area contributed by atoms with E-state index in [1.165, 1.54) is 0 Å². The largest absolute Gasteiger partial charge is 0.476 e. The predicted octanol–water partition coefficient (Wildman–Crippen LogP) is 3.03. The smallest absolute Gasteiger partial charge is 0.360 e. The van der Waals surface area contributed by atoms with Gasteiger partial charge < -0.3 is 14.8 Å². The van der Waals surface area contributed by atoms with Crippen molar-refractivity contribution in [2.24, 2.45) is 0 Å². The van der Waals surface area contributed by atoms with Crippen LogP contribution in [0.15, 0.2) is 41.2 Å². The second-order valence-electron chi connectivity index (χ2n) is 5.27. The molecule has 3 rings (SSSR count). The first-order valence-corrected chi connectivity index (χ1v) is 6.96. The molecule has 0 fully saturated rings. The first-order valence-electron chi connectivity index (χ1n) is 6.96. The fourth-order valence-corrected chi connectivity index (χ4v) is 2.28. The number of benzene rings is 2. The minimum atomic E-state index is -1.37. The van der Waals surface area contributed by atoms with Crippen molar-refractivity contribution >= 4 is 17.0 Å².